The van der Waals surface area contributed by atoms with Crippen molar-refractivity contribution in [2.24, 2.45) is 5.73 Å². The zero-order chi connectivity index (χ0) is 11.3. The third-order valence-electron chi connectivity index (χ3n) is 1.84. The number of anilines is 1. The maximum atomic E-state index is 8.59. The van der Waals surface area contributed by atoms with E-state index in [2.05, 4.69) is 5.32 Å². The summed E-state index contributed by atoms with van der Waals surface area (Å²) in [6, 6.07) is 9.02. The van der Waals surface area contributed by atoms with Crippen LogP contribution in [0.4, 0.5) is 5.69 Å². The SMILES string of the molecule is CC(=N)/C(N)=C\Nc1ccc(C#N)cc1. The van der Waals surface area contributed by atoms with Gasteiger partial charge < -0.3 is 16.5 Å². The van der Waals surface area contributed by atoms with Crippen LogP contribution in [0.15, 0.2) is 36.2 Å². The van der Waals surface area contributed by atoms with Gasteiger partial charge in [-0.05, 0) is 31.2 Å². The molecule has 0 saturated carbocycles. The number of allylic oxidation sites excluding steroid dienone is 1. The first-order valence-electron chi connectivity index (χ1n) is 4.41. The predicted molar refractivity (Wildman–Crippen MR) is 60.5 cm³/mol. The molecule has 0 saturated heterocycles. The molecule has 0 bridgehead atoms. The number of hydrogen-bond acceptors (Lipinski definition) is 4. The van der Waals surface area contributed by atoms with Gasteiger partial charge in [-0.1, -0.05) is 0 Å². The van der Waals surface area contributed by atoms with E-state index >= 15 is 0 Å². The number of nitrogens with one attached hydrogen (secondary N) is 2. The molecule has 0 aliphatic carbocycles. The Labute approximate surface area is 88.5 Å². The molecule has 0 fully saturated rings. The molecule has 0 aliphatic heterocycles. The van der Waals surface area contributed by atoms with Crippen molar-refractivity contribution in [2.75, 3.05) is 5.32 Å². The topological polar surface area (TPSA) is 85.7 Å². The summed E-state index contributed by atoms with van der Waals surface area (Å²) in [7, 11) is 0. The minimum Gasteiger partial charge on any atom is -0.396 e. The summed E-state index contributed by atoms with van der Waals surface area (Å²) in [6.07, 6.45) is 1.56. The first-order chi connectivity index (χ1) is 7.13. The lowest BCUT2D eigenvalue weighted by Gasteiger charge is -2.02. The van der Waals surface area contributed by atoms with E-state index in [9.17, 15) is 0 Å². The van der Waals surface area contributed by atoms with Crippen LogP contribution in [-0.2, 0) is 0 Å². The van der Waals surface area contributed by atoms with Gasteiger partial charge in [0, 0.05) is 11.9 Å². The number of nitrogens with zero attached hydrogens (tertiary/aromatic N) is 1. The predicted octanol–water partition coefficient (Wildman–Crippen LogP) is 1.81. The molecule has 15 heavy (non-hydrogen) atoms. The monoisotopic (exact) mass is 200 g/mol. The van der Waals surface area contributed by atoms with Crippen LogP contribution in [0.2, 0.25) is 0 Å². The largest absolute Gasteiger partial charge is 0.396 e. The van der Waals surface area contributed by atoms with E-state index in [1.165, 1.54) is 0 Å². The van der Waals surface area contributed by atoms with Gasteiger partial charge in [0.05, 0.1) is 23.0 Å². The molecule has 0 atom stereocenters. The number of hydrogen-bond donors (Lipinski definition) is 3. The highest BCUT2D eigenvalue weighted by Gasteiger charge is 1.93. The van der Waals surface area contributed by atoms with Gasteiger partial charge in [0.25, 0.3) is 0 Å². The molecule has 0 spiro atoms. The van der Waals surface area contributed by atoms with Crippen LogP contribution in [0.1, 0.15) is 12.5 Å². The van der Waals surface area contributed by atoms with Gasteiger partial charge in [-0.2, -0.15) is 5.26 Å². The van der Waals surface area contributed by atoms with E-state index in [-0.39, 0.29) is 0 Å². The molecule has 0 aromatic heterocycles. The summed E-state index contributed by atoms with van der Waals surface area (Å²) in [5.41, 5.74) is 7.69. The Hall–Kier alpha value is -2.28. The number of nitrogens with two attached hydrogens (primary N) is 1. The minimum absolute atomic E-state index is 0.316. The molecular weight excluding hydrogens is 188 g/mol. The molecule has 0 heterocycles. The summed E-state index contributed by atoms with van der Waals surface area (Å²) < 4.78 is 0. The molecule has 0 unspecified atom stereocenters. The van der Waals surface area contributed by atoms with Crippen molar-refractivity contribution in [2.45, 2.75) is 6.92 Å². The molecule has 0 amide bonds. The smallest absolute Gasteiger partial charge is 0.0991 e. The van der Waals surface area contributed by atoms with Crippen molar-refractivity contribution >= 4 is 11.4 Å². The Morgan fingerprint density at radius 3 is 2.53 bits per heavy atom. The molecule has 1 aromatic carbocycles. The zero-order valence-electron chi connectivity index (χ0n) is 8.41. The van der Waals surface area contributed by atoms with E-state index in [0.29, 0.717) is 17.0 Å². The van der Waals surface area contributed by atoms with E-state index in [4.69, 9.17) is 16.4 Å². The lowest BCUT2D eigenvalue weighted by molar-refractivity contribution is 1.36. The van der Waals surface area contributed by atoms with Gasteiger partial charge in [-0.3, -0.25) is 0 Å². The summed E-state index contributed by atoms with van der Waals surface area (Å²) >= 11 is 0. The average molecular weight is 200 g/mol. The first-order valence-corrected chi connectivity index (χ1v) is 4.41. The fourth-order valence-corrected chi connectivity index (χ4v) is 0.910. The molecule has 0 radical (unpaired) electrons. The molecule has 0 aliphatic rings. The Kier molecular flexibility index (Phi) is 3.47. The fraction of sp³-hybridized carbons (Fsp3) is 0.0909. The molecule has 4 nitrogen and oxygen atoms in total. The van der Waals surface area contributed by atoms with E-state index in [1.54, 1.807) is 37.4 Å². The summed E-state index contributed by atoms with van der Waals surface area (Å²) in [5, 5.41) is 18.8. The molecule has 4 N–H and O–H groups in total. The Bertz CT molecular complexity index is 423. The third kappa shape index (κ3) is 3.16. The molecule has 1 rings (SSSR count). The molecular formula is C11H12N4. The zero-order valence-corrected chi connectivity index (χ0v) is 8.41. The van der Waals surface area contributed by atoms with Crippen molar-refractivity contribution in [1.82, 2.24) is 0 Å². The third-order valence-corrected chi connectivity index (χ3v) is 1.84. The van der Waals surface area contributed by atoms with Crippen LogP contribution < -0.4 is 11.1 Å². The minimum atomic E-state index is 0.316. The van der Waals surface area contributed by atoms with Crippen LogP contribution in [0.25, 0.3) is 0 Å². The van der Waals surface area contributed by atoms with Crippen LogP contribution in [0, 0.1) is 16.7 Å². The molecule has 76 valence electrons. The van der Waals surface area contributed by atoms with Crippen LogP contribution in [0.5, 0.6) is 0 Å². The lowest BCUT2D eigenvalue weighted by Crippen LogP contribution is -2.08. The highest BCUT2D eigenvalue weighted by Crippen LogP contribution is 2.08. The maximum absolute atomic E-state index is 8.59. The number of nitriles is 1. The highest BCUT2D eigenvalue weighted by atomic mass is 14.9. The van der Waals surface area contributed by atoms with Gasteiger partial charge in [-0.15, -0.1) is 0 Å². The summed E-state index contributed by atoms with van der Waals surface area (Å²) in [6.45, 7) is 1.62. The number of benzene rings is 1. The maximum Gasteiger partial charge on any atom is 0.0991 e. The summed E-state index contributed by atoms with van der Waals surface area (Å²) in [4.78, 5) is 0. The van der Waals surface area contributed by atoms with Crippen molar-refractivity contribution in [3.05, 3.63) is 41.7 Å². The van der Waals surface area contributed by atoms with Gasteiger partial charge in [0.2, 0.25) is 0 Å². The second kappa shape index (κ2) is 4.82. The van der Waals surface area contributed by atoms with Crippen molar-refractivity contribution in [1.29, 1.82) is 10.7 Å². The van der Waals surface area contributed by atoms with Gasteiger partial charge in [0.15, 0.2) is 0 Å². The van der Waals surface area contributed by atoms with E-state index in [1.807, 2.05) is 6.07 Å². The van der Waals surface area contributed by atoms with Crippen LogP contribution in [-0.4, -0.2) is 5.71 Å². The van der Waals surface area contributed by atoms with Crippen molar-refractivity contribution in [3.63, 3.8) is 0 Å². The molecule has 1 aromatic rings. The van der Waals surface area contributed by atoms with Gasteiger partial charge in [-0.25, -0.2) is 0 Å². The first kappa shape index (κ1) is 10.8. The van der Waals surface area contributed by atoms with Crippen molar-refractivity contribution in [3.8, 4) is 6.07 Å². The normalized spacial score (nSPS) is 10.5. The van der Waals surface area contributed by atoms with E-state index in [0.717, 1.165) is 5.69 Å². The Morgan fingerprint density at radius 1 is 1.47 bits per heavy atom. The van der Waals surface area contributed by atoms with Crippen LogP contribution in [0.3, 0.4) is 0 Å². The number of rotatable bonds is 3. The van der Waals surface area contributed by atoms with Gasteiger partial charge >= 0.3 is 0 Å². The van der Waals surface area contributed by atoms with Gasteiger partial charge in [0.1, 0.15) is 0 Å². The summed E-state index contributed by atoms with van der Waals surface area (Å²) in [5.74, 6) is 0. The second-order valence-corrected chi connectivity index (χ2v) is 3.06. The fourth-order valence-electron chi connectivity index (χ4n) is 0.910. The average Bonchev–Trinajstić information content (AvgIpc) is 2.26. The van der Waals surface area contributed by atoms with Crippen LogP contribution >= 0.6 is 0 Å². The standard InChI is InChI=1S/C11H12N4/c1-8(13)11(14)7-15-10-4-2-9(6-12)3-5-10/h2-5,7,13,15H,14H2,1H3/b11-7+,13-8?. The second-order valence-electron chi connectivity index (χ2n) is 3.06. The molecule has 4 heteroatoms. The lowest BCUT2D eigenvalue weighted by atomic mass is 10.2. The quantitative estimate of drug-likeness (QED) is 0.650. The Balaban J connectivity index is 2.71. The Morgan fingerprint density at radius 2 is 2.07 bits per heavy atom. The van der Waals surface area contributed by atoms with E-state index < -0.39 is 0 Å². The van der Waals surface area contributed by atoms with Crippen molar-refractivity contribution < 1.29 is 0 Å². The highest BCUT2D eigenvalue weighted by molar-refractivity contribution is 5.94.